The van der Waals surface area contributed by atoms with Crippen LogP contribution in [-0.4, -0.2) is 4.98 Å². The summed E-state index contributed by atoms with van der Waals surface area (Å²) >= 11 is 5.74. The van der Waals surface area contributed by atoms with Gasteiger partial charge in [-0.1, -0.05) is 23.8 Å². The van der Waals surface area contributed by atoms with Crippen LogP contribution in [0.15, 0.2) is 35.1 Å². The Bertz CT molecular complexity index is 436. The number of rotatable bonds is 2. The molecule has 0 saturated carbocycles. The predicted molar refractivity (Wildman–Crippen MR) is 56.2 cm³/mol. The van der Waals surface area contributed by atoms with Gasteiger partial charge in [0.05, 0.1) is 5.88 Å². The molecule has 0 atom stereocenters. The van der Waals surface area contributed by atoms with Crippen LogP contribution in [-0.2, 0) is 5.88 Å². The van der Waals surface area contributed by atoms with Crippen LogP contribution >= 0.6 is 11.6 Å². The van der Waals surface area contributed by atoms with Crippen LogP contribution in [0.4, 0.5) is 0 Å². The third kappa shape index (κ3) is 1.66. The summed E-state index contributed by atoms with van der Waals surface area (Å²) in [7, 11) is 0. The van der Waals surface area contributed by atoms with Gasteiger partial charge < -0.3 is 4.42 Å². The van der Waals surface area contributed by atoms with Gasteiger partial charge in [-0.2, -0.15) is 0 Å². The quantitative estimate of drug-likeness (QED) is 0.706. The molecule has 1 heterocycles. The van der Waals surface area contributed by atoms with E-state index in [2.05, 4.69) is 11.1 Å². The zero-order valence-electron chi connectivity index (χ0n) is 7.83. The van der Waals surface area contributed by atoms with Crippen molar-refractivity contribution < 1.29 is 4.42 Å². The van der Waals surface area contributed by atoms with Crippen LogP contribution in [0.1, 0.15) is 11.3 Å². The molecule has 2 nitrogen and oxygen atoms in total. The van der Waals surface area contributed by atoms with E-state index in [-0.39, 0.29) is 0 Å². The second-order valence-electron chi connectivity index (χ2n) is 3.13. The lowest BCUT2D eigenvalue weighted by Crippen LogP contribution is -1.83. The van der Waals surface area contributed by atoms with Gasteiger partial charge in [0.1, 0.15) is 5.69 Å². The highest BCUT2D eigenvalue weighted by Gasteiger charge is 2.08. The van der Waals surface area contributed by atoms with Crippen molar-refractivity contribution in [1.29, 1.82) is 0 Å². The van der Waals surface area contributed by atoms with Crippen molar-refractivity contribution >= 4 is 11.6 Å². The summed E-state index contributed by atoms with van der Waals surface area (Å²) in [4.78, 5) is 4.04. The van der Waals surface area contributed by atoms with E-state index in [0.717, 1.165) is 17.0 Å². The van der Waals surface area contributed by atoms with Crippen LogP contribution in [0.2, 0.25) is 0 Å². The van der Waals surface area contributed by atoms with Crippen molar-refractivity contribution in [2.24, 2.45) is 0 Å². The molecular weight excluding hydrogens is 198 g/mol. The monoisotopic (exact) mass is 207 g/mol. The van der Waals surface area contributed by atoms with Crippen LogP contribution in [0, 0.1) is 6.92 Å². The van der Waals surface area contributed by atoms with E-state index in [4.69, 9.17) is 16.0 Å². The average molecular weight is 208 g/mol. The molecule has 0 fully saturated rings. The molecule has 0 aliphatic carbocycles. The fourth-order valence-corrected chi connectivity index (χ4v) is 1.58. The van der Waals surface area contributed by atoms with Crippen molar-refractivity contribution in [3.8, 4) is 11.3 Å². The maximum Gasteiger partial charge on any atom is 0.181 e. The minimum atomic E-state index is 0.375. The number of aryl methyl sites for hydroxylation is 1. The number of oxazole rings is 1. The molecule has 2 aromatic rings. The lowest BCUT2D eigenvalue weighted by atomic mass is 10.1. The molecular formula is C11H10ClNO. The van der Waals surface area contributed by atoms with Gasteiger partial charge in [-0.05, 0) is 13.0 Å². The molecule has 0 saturated heterocycles. The molecule has 0 bridgehead atoms. The average Bonchev–Trinajstić information content (AvgIpc) is 2.65. The SMILES string of the molecule is Cc1cccc(-c2ocnc2CCl)c1. The number of alkyl halides is 1. The third-order valence-corrected chi connectivity index (χ3v) is 2.30. The Morgan fingerprint density at radius 1 is 1.43 bits per heavy atom. The molecule has 1 aromatic carbocycles. The van der Waals surface area contributed by atoms with E-state index in [0.29, 0.717) is 5.88 Å². The summed E-state index contributed by atoms with van der Waals surface area (Å²) in [5, 5.41) is 0. The summed E-state index contributed by atoms with van der Waals surface area (Å²) in [5.41, 5.74) is 3.01. The van der Waals surface area contributed by atoms with Crippen LogP contribution in [0.25, 0.3) is 11.3 Å². The lowest BCUT2D eigenvalue weighted by molar-refractivity contribution is 0.571. The van der Waals surface area contributed by atoms with Gasteiger partial charge >= 0.3 is 0 Å². The fraction of sp³-hybridized carbons (Fsp3) is 0.182. The molecule has 72 valence electrons. The first-order chi connectivity index (χ1) is 6.81. The van der Waals surface area contributed by atoms with E-state index in [1.54, 1.807) is 0 Å². The van der Waals surface area contributed by atoms with Gasteiger partial charge in [0.25, 0.3) is 0 Å². The fourth-order valence-electron chi connectivity index (χ4n) is 1.39. The van der Waals surface area contributed by atoms with E-state index in [1.807, 2.05) is 25.1 Å². The predicted octanol–water partition coefficient (Wildman–Crippen LogP) is 3.39. The molecule has 14 heavy (non-hydrogen) atoms. The molecule has 0 aliphatic heterocycles. The van der Waals surface area contributed by atoms with Crippen molar-refractivity contribution in [1.82, 2.24) is 4.98 Å². The number of hydrogen-bond donors (Lipinski definition) is 0. The van der Waals surface area contributed by atoms with Crippen molar-refractivity contribution in [3.05, 3.63) is 41.9 Å². The van der Waals surface area contributed by atoms with Gasteiger partial charge in [0.15, 0.2) is 12.2 Å². The number of halogens is 1. The summed E-state index contributed by atoms with van der Waals surface area (Å²) in [6, 6.07) is 8.07. The Morgan fingerprint density at radius 3 is 3.00 bits per heavy atom. The minimum Gasteiger partial charge on any atom is -0.443 e. The molecule has 0 unspecified atom stereocenters. The lowest BCUT2D eigenvalue weighted by Gasteiger charge is -1.99. The number of benzene rings is 1. The molecule has 0 amide bonds. The van der Waals surface area contributed by atoms with Gasteiger partial charge in [0, 0.05) is 5.56 Å². The van der Waals surface area contributed by atoms with Crippen LogP contribution in [0.5, 0.6) is 0 Å². The first-order valence-electron chi connectivity index (χ1n) is 4.36. The summed E-state index contributed by atoms with van der Waals surface area (Å²) < 4.78 is 5.30. The van der Waals surface area contributed by atoms with E-state index < -0.39 is 0 Å². The summed E-state index contributed by atoms with van der Waals surface area (Å²) in [6.07, 6.45) is 1.43. The smallest absolute Gasteiger partial charge is 0.181 e. The first-order valence-corrected chi connectivity index (χ1v) is 4.90. The molecule has 0 aliphatic rings. The molecule has 1 aromatic heterocycles. The topological polar surface area (TPSA) is 26.0 Å². The second-order valence-corrected chi connectivity index (χ2v) is 3.40. The Morgan fingerprint density at radius 2 is 2.29 bits per heavy atom. The number of nitrogens with zero attached hydrogens (tertiary/aromatic N) is 1. The van der Waals surface area contributed by atoms with Crippen LogP contribution in [0.3, 0.4) is 0 Å². The molecule has 3 heteroatoms. The number of hydrogen-bond acceptors (Lipinski definition) is 2. The van der Waals surface area contributed by atoms with Crippen LogP contribution < -0.4 is 0 Å². The second kappa shape index (κ2) is 3.84. The molecule has 0 N–H and O–H groups in total. The van der Waals surface area contributed by atoms with Crippen molar-refractivity contribution in [2.75, 3.05) is 0 Å². The highest BCUT2D eigenvalue weighted by Crippen LogP contribution is 2.24. The minimum absolute atomic E-state index is 0.375. The largest absolute Gasteiger partial charge is 0.443 e. The summed E-state index contributed by atoms with van der Waals surface area (Å²) in [5.74, 6) is 1.14. The Hall–Kier alpha value is -1.28. The zero-order chi connectivity index (χ0) is 9.97. The maximum atomic E-state index is 5.74. The standard InChI is InChI=1S/C11H10ClNO/c1-8-3-2-4-9(5-8)11-10(6-12)13-7-14-11/h2-5,7H,6H2,1H3. The van der Waals surface area contributed by atoms with E-state index in [9.17, 15) is 0 Å². The number of aromatic nitrogens is 1. The normalized spacial score (nSPS) is 10.4. The Labute approximate surface area is 87.5 Å². The van der Waals surface area contributed by atoms with Gasteiger partial charge in [0.2, 0.25) is 0 Å². The summed E-state index contributed by atoms with van der Waals surface area (Å²) in [6.45, 7) is 2.04. The maximum absolute atomic E-state index is 5.74. The van der Waals surface area contributed by atoms with Gasteiger partial charge in [-0.15, -0.1) is 11.6 Å². The van der Waals surface area contributed by atoms with E-state index >= 15 is 0 Å². The molecule has 0 spiro atoms. The third-order valence-electron chi connectivity index (χ3n) is 2.05. The highest BCUT2D eigenvalue weighted by molar-refractivity contribution is 6.17. The first kappa shape index (κ1) is 9.28. The Balaban J connectivity index is 2.49. The molecule has 0 radical (unpaired) electrons. The highest BCUT2D eigenvalue weighted by atomic mass is 35.5. The van der Waals surface area contributed by atoms with Gasteiger partial charge in [-0.25, -0.2) is 4.98 Å². The van der Waals surface area contributed by atoms with E-state index in [1.165, 1.54) is 12.0 Å². The van der Waals surface area contributed by atoms with Crippen molar-refractivity contribution in [3.63, 3.8) is 0 Å². The molecule has 2 rings (SSSR count). The zero-order valence-corrected chi connectivity index (χ0v) is 8.58. The van der Waals surface area contributed by atoms with Crippen molar-refractivity contribution in [2.45, 2.75) is 12.8 Å². The van der Waals surface area contributed by atoms with Gasteiger partial charge in [-0.3, -0.25) is 0 Å². The Kier molecular flexibility index (Phi) is 2.55.